The molecule has 2 N–H and O–H groups in total. The van der Waals surface area contributed by atoms with Crippen molar-refractivity contribution in [1.82, 2.24) is 0 Å². The number of nitrogens with two attached hydrogens (primary N) is 1. The van der Waals surface area contributed by atoms with E-state index in [9.17, 15) is 4.79 Å². The maximum atomic E-state index is 11.7. The molecule has 0 spiro atoms. The van der Waals surface area contributed by atoms with Crippen molar-refractivity contribution in [2.24, 2.45) is 11.7 Å². The van der Waals surface area contributed by atoms with Crippen LogP contribution in [0.25, 0.3) is 0 Å². The first kappa shape index (κ1) is 10.9. The molecule has 0 aromatic rings. The number of carbonyl (C=O) groups excluding carboxylic acids is 1. The number of carbonyl (C=O) groups is 1. The lowest BCUT2D eigenvalue weighted by Gasteiger charge is -2.42. The van der Waals surface area contributed by atoms with Crippen LogP contribution in [0.4, 0.5) is 0 Å². The van der Waals surface area contributed by atoms with Gasteiger partial charge in [-0.05, 0) is 38.0 Å². The molecule has 15 heavy (non-hydrogen) atoms. The molecule has 86 valence electrons. The van der Waals surface area contributed by atoms with Crippen LogP contribution in [0.1, 0.15) is 51.4 Å². The molecule has 2 fully saturated rings. The highest BCUT2D eigenvalue weighted by Gasteiger charge is 2.46. The van der Waals surface area contributed by atoms with Crippen molar-refractivity contribution in [1.29, 1.82) is 0 Å². The lowest BCUT2D eigenvalue weighted by Crippen LogP contribution is -2.54. The summed E-state index contributed by atoms with van der Waals surface area (Å²) in [6.07, 6.45) is 8.97. The third-order valence-electron chi connectivity index (χ3n) is 3.98. The normalized spacial score (nSPS) is 33.9. The Balaban J connectivity index is 2.12. The second-order valence-corrected chi connectivity index (χ2v) is 4.89. The van der Waals surface area contributed by atoms with E-state index in [2.05, 4.69) is 0 Å². The van der Waals surface area contributed by atoms with Gasteiger partial charge in [-0.15, -0.1) is 0 Å². The molecule has 0 aromatic heterocycles. The first-order valence-corrected chi connectivity index (χ1v) is 6.19. The Labute approximate surface area is 91.4 Å². The summed E-state index contributed by atoms with van der Waals surface area (Å²) in [5.41, 5.74) is 4.96. The van der Waals surface area contributed by atoms with E-state index < -0.39 is 5.60 Å². The monoisotopic (exact) mass is 211 g/mol. The van der Waals surface area contributed by atoms with Gasteiger partial charge in [0, 0.05) is 6.61 Å². The number of hydrogen-bond donors (Lipinski definition) is 1. The van der Waals surface area contributed by atoms with Crippen molar-refractivity contribution in [2.45, 2.75) is 57.0 Å². The second-order valence-electron chi connectivity index (χ2n) is 4.89. The summed E-state index contributed by atoms with van der Waals surface area (Å²) >= 11 is 0. The standard InChI is InChI=1S/C12H21NO2/c13-11(14)12(8-4-5-9-15-12)10-6-2-1-3-7-10/h10H,1-9H2,(H2,13,14). The van der Waals surface area contributed by atoms with Crippen LogP contribution < -0.4 is 5.73 Å². The Morgan fingerprint density at radius 1 is 1.13 bits per heavy atom. The number of ether oxygens (including phenoxy) is 1. The van der Waals surface area contributed by atoms with Gasteiger partial charge in [-0.2, -0.15) is 0 Å². The molecule has 3 nitrogen and oxygen atoms in total. The first-order valence-electron chi connectivity index (χ1n) is 6.19. The van der Waals surface area contributed by atoms with Gasteiger partial charge in [0.25, 0.3) is 0 Å². The van der Waals surface area contributed by atoms with Gasteiger partial charge < -0.3 is 10.5 Å². The molecule has 2 aliphatic rings. The van der Waals surface area contributed by atoms with Gasteiger partial charge in [-0.3, -0.25) is 4.79 Å². The van der Waals surface area contributed by atoms with Crippen molar-refractivity contribution in [2.75, 3.05) is 6.61 Å². The lowest BCUT2D eigenvalue weighted by molar-refractivity contribution is -0.163. The molecule has 1 aliphatic carbocycles. The fourth-order valence-electron chi connectivity index (χ4n) is 3.10. The minimum Gasteiger partial charge on any atom is -0.367 e. The minimum absolute atomic E-state index is 0.228. The smallest absolute Gasteiger partial charge is 0.249 e. The van der Waals surface area contributed by atoms with Crippen LogP contribution in [0.3, 0.4) is 0 Å². The van der Waals surface area contributed by atoms with Gasteiger partial charge in [0.2, 0.25) is 5.91 Å². The predicted octanol–water partition coefficient (Wildman–Crippen LogP) is 1.99. The first-order chi connectivity index (χ1) is 7.26. The number of rotatable bonds is 2. The van der Waals surface area contributed by atoms with Crippen molar-refractivity contribution in [3.63, 3.8) is 0 Å². The van der Waals surface area contributed by atoms with E-state index in [-0.39, 0.29) is 5.91 Å². The Morgan fingerprint density at radius 2 is 1.87 bits per heavy atom. The fourth-order valence-corrected chi connectivity index (χ4v) is 3.10. The summed E-state index contributed by atoms with van der Waals surface area (Å²) in [4.78, 5) is 11.7. The molecular weight excluding hydrogens is 190 g/mol. The summed E-state index contributed by atoms with van der Waals surface area (Å²) in [5, 5.41) is 0. The third kappa shape index (κ3) is 2.03. The minimum atomic E-state index is -0.612. The molecule has 1 aliphatic heterocycles. The number of primary amides is 1. The van der Waals surface area contributed by atoms with Crippen LogP contribution in [-0.4, -0.2) is 18.1 Å². The largest absolute Gasteiger partial charge is 0.367 e. The molecule has 1 saturated heterocycles. The molecule has 1 unspecified atom stereocenters. The zero-order valence-electron chi connectivity index (χ0n) is 9.34. The quantitative estimate of drug-likeness (QED) is 0.759. The van der Waals surface area contributed by atoms with Gasteiger partial charge >= 0.3 is 0 Å². The molecule has 3 heteroatoms. The van der Waals surface area contributed by atoms with Gasteiger partial charge in [0.05, 0.1) is 0 Å². The zero-order valence-corrected chi connectivity index (χ0v) is 9.34. The Kier molecular flexibility index (Phi) is 3.29. The molecule has 1 atom stereocenters. The van der Waals surface area contributed by atoms with E-state index in [1.807, 2.05) is 0 Å². The molecule has 1 amide bonds. The predicted molar refractivity (Wildman–Crippen MR) is 58.3 cm³/mol. The SMILES string of the molecule is NC(=O)C1(C2CCCCC2)CCCCO1. The van der Waals surface area contributed by atoms with Crippen LogP contribution in [0.15, 0.2) is 0 Å². The summed E-state index contributed by atoms with van der Waals surface area (Å²) < 4.78 is 5.79. The van der Waals surface area contributed by atoms with E-state index in [0.29, 0.717) is 12.5 Å². The van der Waals surface area contributed by atoms with Crippen LogP contribution in [0.2, 0.25) is 0 Å². The fraction of sp³-hybridized carbons (Fsp3) is 0.917. The van der Waals surface area contributed by atoms with Crippen LogP contribution in [0.5, 0.6) is 0 Å². The second kappa shape index (κ2) is 4.52. The maximum Gasteiger partial charge on any atom is 0.249 e. The maximum absolute atomic E-state index is 11.7. The summed E-state index contributed by atoms with van der Waals surface area (Å²) in [6, 6.07) is 0. The van der Waals surface area contributed by atoms with E-state index in [1.165, 1.54) is 19.3 Å². The summed E-state index contributed by atoms with van der Waals surface area (Å²) in [6.45, 7) is 0.708. The molecule has 2 rings (SSSR count). The topological polar surface area (TPSA) is 52.3 Å². The van der Waals surface area contributed by atoms with Crippen molar-refractivity contribution >= 4 is 5.91 Å². The van der Waals surface area contributed by atoms with E-state index >= 15 is 0 Å². The van der Waals surface area contributed by atoms with Crippen LogP contribution in [-0.2, 0) is 9.53 Å². The molecular formula is C12H21NO2. The third-order valence-corrected chi connectivity index (χ3v) is 3.98. The Morgan fingerprint density at radius 3 is 2.40 bits per heavy atom. The van der Waals surface area contributed by atoms with E-state index in [0.717, 1.165) is 32.1 Å². The highest BCUT2D eigenvalue weighted by atomic mass is 16.5. The average molecular weight is 211 g/mol. The molecule has 0 aromatic carbocycles. The molecule has 1 saturated carbocycles. The van der Waals surface area contributed by atoms with Crippen LogP contribution in [0, 0.1) is 5.92 Å². The van der Waals surface area contributed by atoms with Crippen molar-refractivity contribution in [3.05, 3.63) is 0 Å². The Bertz CT molecular complexity index is 228. The summed E-state index contributed by atoms with van der Waals surface area (Å²) in [7, 11) is 0. The highest BCUT2D eigenvalue weighted by molar-refractivity contribution is 5.84. The molecule has 1 heterocycles. The van der Waals surface area contributed by atoms with E-state index in [4.69, 9.17) is 10.5 Å². The van der Waals surface area contributed by atoms with Gasteiger partial charge in [0.1, 0.15) is 5.60 Å². The van der Waals surface area contributed by atoms with Crippen molar-refractivity contribution in [3.8, 4) is 0 Å². The average Bonchev–Trinajstić information content (AvgIpc) is 2.31. The molecule has 0 radical (unpaired) electrons. The van der Waals surface area contributed by atoms with E-state index in [1.54, 1.807) is 0 Å². The highest BCUT2D eigenvalue weighted by Crippen LogP contribution is 2.40. The van der Waals surface area contributed by atoms with Crippen molar-refractivity contribution < 1.29 is 9.53 Å². The lowest BCUT2D eigenvalue weighted by atomic mass is 9.73. The van der Waals surface area contributed by atoms with Crippen LogP contribution >= 0.6 is 0 Å². The summed E-state index contributed by atoms with van der Waals surface area (Å²) in [5.74, 6) is 0.151. The number of hydrogen-bond acceptors (Lipinski definition) is 2. The van der Waals surface area contributed by atoms with Gasteiger partial charge in [-0.1, -0.05) is 19.3 Å². The van der Waals surface area contributed by atoms with Gasteiger partial charge in [-0.25, -0.2) is 0 Å². The Hall–Kier alpha value is -0.570. The molecule has 0 bridgehead atoms. The van der Waals surface area contributed by atoms with Gasteiger partial charge in [0.15, 0.2) is 0 Å². The zero-order chi connectivity index (χ0) is 10.7. The number of amides is 1.